The lowest BCUT2D eigenvalue weighted by Crippen LogP contribution is -2.17. The minimum Gasteiger partial charge on any atom is -0.310 e. The first kappa shape index (κ1) is 14.3. The zero-order valence-corrected chi connectivity index (χ0v) is 11.7. The monoisotopic (exact) mass is 249 g/mol. The van der Waals surface area contributed by atoms with Crippen molar-refractivity contribution in [1.29, 1.82) is 0 Å². The Morgan fingerprint density at radius 2 is 2.06 bits per heavy atom. The predicted molar refractivity (Wildman–Crippen MR) is 78.7 cm³/mol. The molecule has 0 aliphatic carbocycles. The Morgan fingerprint density at radius 1 is 1.35 bits per heavy atom. The third-order valence-corrected chi connectivity index (χ3v) is 3.81. The van der Waals surface area contributed by atoms with Crippen LogP contribution in [0, 0.1) is 0 Å². The molecule has 1 unspecified atom stereocenters. The molecule has 17 heavy (non-hydrogen) atoms. The van der Waals surface area contributed by atoms with Gasteiger partial charge in [0.05, 0.1) is 0 Å². The highest BCUT2D eigenvalue weighted by molar-refractivity contribution is 7.99. The maximum absolute atomic E-state index is 3.74. The van der Waals surface area contributed by atoms with Crippen molar-refractivity contribution in [2.24, 2.45) is 0 Å². The van der Waals surface area contributed by atoms with E-state index in [1.165, 1.54) is 22.6 Å². The minimum absolute atomic E-state index is 0.444. The summed E-state index contributed by atoms with van der Waals surface area (Å²) < 4.78 is 0. The van der Waals surface area contributed by atoms with Crippen LogP contribution in [0.25, 0.3) is 0 Å². The van der Waals surface area contributed by atoms with E-state index in [4.69, 9.17) is 0 Å². The van der Waals surface area contributed by atoms with E-state index < -0.39 is 0 Å². The van der Waals surface area contributed by atoms with E-state index in [2.05, 4.69) is 50.0 Å². The van der Waals surface area contributed by atoms with E-state index >= 15 is 0 Å². The van der Waals surface area contributed by atoms with Gasteiger partial charge in [0, 0.05) is 10.9 Å². The zero-order valence-electron chi connectivity index (χ0n) is 10.9. The topological polar surface area (TPSA) is 12.0 Å². The first-order chi connectivity index (χ1) is 8.27. The van der Waals surface area contributed by atoms with E-state index in [1.807, 2.05) is 17.8 Å². The quantitative estimate of drug-likeness (QED) is 0.416. The van der Waals surface area contributed by atoms with Gasteiger partial charge in [0.1, 0.15) is 0 Å². The Labute approximate surface area is 110 Å². The molecule has 0 saturated carbocycles. The summed E-state index contributed by atoms with van der Waals surface area (Å²) in [5.74, 6) is 1.17. The lowest BCUT2D eigenvalue weighted by molar-refractivity contribution is 0.598. The zero-order chi connectivity index (χ0) is 12.5. The number of thioether (sulfide) groups is 1. The van der Waals surface area contributed by atoms with Crippen LogP contribution in [0.1, 0.15) is 38.3 Å². The number of hydrogen-bond acceptors (Lipinski definition) is 2. The van der Waals surface area contributed by atoms with Crippen LogP contribution in [0.15, 0.2) is 41.8 Å². The summed E-state index contributed by atoms with van der Waals surface area (Å²) in [5, 5.41) is 3.42. The molecule has 2 heteroatoms. The van der Waals surface area contributed by atoms with E-state index in [9.17, 15) is 0 Å². The van der Waals surface area contributed by atoms with Crippen LogP contribution in [-0.2, 0) is 0 Å². The molecule has 0 heterocycles. The summed E-state index contributed by atoms with van der Waals surface area (Å²) in [4.78, 5) is 1.36. The highest BCUT2D eigenvalue weighted by Gasteiger charge is 2.02. The Kier molecular flexibility index (Phi) is 7.06. The van der Waals surface area contributed by atoms with Crippen molar-refractivity contribution < 1.29 is 0 Å². The second-order valence-electron chi connectivity index (χ2n) is 4.13. The molecule has 1 rings (SSSR count). The van der Waals surface area contributed by atoms with Gasteiger partial charge in [-0.15, -0.1) is 18.3 Å². The summed E-state index contributed by atoms with van der Waals surface area (Å²) in [7, 11) is 0. The lowest BCUT2D eigenvalue weighted by atomic mass is 10.1. The molecule has 0 fully saturated rings. The third-order valence-electron chi connectivity index (χ3n) is 2.71. The third kappa shape index (κ3) is 5.42. The first-order valence-electron chi connectivity index (χ1n) is 6.35. The van der Waals surface area contributed by atoms with E-state index in [1.54, 1.807) is 0 Å². The second-order valence-corrected chi connectivity index (χ2v) is 5.30. The predicted octanol–water partition coefficient (Wildman–Crippen LogP) is 4.42. The number of hydrogen-bond donors (Lipinski definition) is 1. The van der Waals surface area contributed by atoms with Gasteiger partial charge < -0.3 is 5.32 Å². The Bertz CT molecular complexity index is 318. The molecule has 0 amide bonds. The fourth-order valence-electron chi connectivity index (χ4n) is 1.69. The van der Waals surface area contributed by atoms with Gasteiger partial charge in [-0.05, 0) is 49.8 Å². The first-order valence-corrected chi connectivity index (χ1v) is 7.33. The number of allylic oxidation sites excluding steroid dienone is 1. The van der Waals surface area contributed by atoms with Crippen LogP contribution in [-0.4, -0.2) is 12.3 Å². The molecule has 1 nitrogen and oxygen atoms in total. The minimum atomic E-state index is 0.444. The molecule has 0 aliphatic rings. The van der Waals surface area contributed by atoms with Crippen molar-refractivity contribution in [3.63, 3.8) is 0 Å². The summed E-state index contributed by atoms with van der Waals surface area (Å²) in [6.07, 6.45) is 4.31. The van der Waals surface area contributed by atoms with Gasteiger partial charge in [-0.25, -0.2) is 0 Å². The highest BCUT2D eigenvalue weighted by atomic mass is 32.2. The molecule has 0 spiro atoms. The molecule has 0 saturated heterocycles. The maximum Gasteiger partial charge on any atom is 0.0291 e. The van der Waals surface area contributed by atoms with Gasteiger partial charge in [-0.1, -0.05) is 25.1 Å². The second kappa shape index (κ2) is 8.37. The molecule has 0 aromatic heterocycles. The molecule has 1 atom stereocenters. The summed E-state index contributed by atoms with van der Waals surface area (Å²) >= 11 is 1.93. The Morgan fingerprint density at radius 3 is 2.65 bits per heavy atom. The van der Waals surface area contributed by atoms with Gasteiger partial charge in [0.2, 0.25) is 0 Å². The van der Waals surface area contributed by atoms with Gasteiger partial charge in [-0.3, -0.25) is 0 Å². The van der Waals surface area contributed by atoms with Gasteiger partial charge in [0.25, 0.3) is 0 Å². The van der Waals surface area contributed by atoms with Crippen molar-refractivity contribution in [3.8, 4) is 0 Å². The normalized spacial score (nSPS) is 12.4. The fraction of sp³-hybridized carbons (Fsp3) is 0.467. The van der Waals surface area contributed by atoms with Gasteiger partial charge in [0.15, 0.2) is 0 Å². The summed E-state index contributed by atoms with van der Waals surface area (Å²) in [6, 6.07) is 9.34. The molecule has 0 bridgehead atoms. The van der Waals surface area contributed by atoms with Crippen molar-refractivity contribution >= 4 is 11.8 Å². The number of rotatable bonds is 8. The summed E-state index contributed by atoms with van der Waals surface area (Å²) in [6.45, 7) is 9.09. The number of unbranched alkanes of at least 4 members (excludes halogenated alkanes) is 1. The molecule has 94 valence electrons. The molecule has 0 radical (unpaired) electrons. The SMILES string of the molecule is C=CCCCSc1ccc(C(C)NCC)cc1. The van der Waals surface area contributed by atoms with Crippen LogP contribution in [0.2, 0.25) is 0 Å². The van der Waals surface area contributed by atoms with Crippen LogP contribution in [0.5, 0.6) is 0 Å². The van der Waals surface area contributed by atoms with Crippen LogP contribution in [0.3, 0.4) is 0 Å². The average molecular weight is 249 g/mol. The van der Waals surface area contributed by atoms with Crippen molar-refractivity contribution in [2.75, 3.05) is 12.3 Å². The largest absolute Gasteiger partial charge is 0.310 e. The van der Waals surface area contributed by atoms with E-state index in [0.717, 1.165) is 13.0 Å². The summed E-state index contributed by atoms with van der Waals surface area (Å²) in [5.41, 5.74) is 1.36. The molecular weight excluding hydrogens is 226 g/mol. The molecule has 1 aromatic rings. The van der Waals surface area contributed by atoms with Crippen molar-refractivity contribution in [2.45, 2.75) is 37.6 Å². The highest BCUT2D eigenvalue weighted by Crippen LogP contribution is 2.22. The smallest absolute Gasteiger partial charge is 0.0291 e. The van der Waals surface area contributed by atoms with E-state index in [-0.39, 0.29) is 0 Å². The van der Waals surface area contributed by atoms with Crippen LogP contribution in [0.4, 0.5) is 0 Å². The molecular formula is C15H23NS. The molecule has 0 aliphatic heterocycles. The fourth-order valence-corrected chi connectivity index (χ4v) is 2.57. The van der Waals surface area contributed by atoms with Gasteiger partial charge >= 0.3 is 0 Å². The molecule has 1 N–H and O–H groups in total. The number of benzene rings is 1. The van der Waals surface area contributed by atoms with Crippen molar-refractivity contribution in [3.05, 3.63) is 42.5 Å². The van der Waals surface area contributed by atoms with Crippen molar-refractivity contribution in [1.82, 2.24) is 5.32 Å². The maximum atomic E-state index is 3.74. The molecule has 1 aromatic carbocycles. The standard InChI is InChI=1S/C15H23NS/c1-4-6-7-12-17-15-10-8-14(9-11-15)13(3)16-5-2/h4,8-11,13,16H,1,5-7,12H2,2-3H3. The average Bonchev–Trinajstić information content (AvgIpc) is 2.36. The Balaban J connectivity index is 2.41. The number of nitrogens with one attached hydrogen (secondary N) is 1. The van der Waals surface area contributed by atoms with Gasteiger partial charge in [-0.2, -0.15) is 0 Å². The Hall–Kier alpha value is -0.730. The van der Waals surface area contributed by atoms with Crippen LogP contribution >= 0.6 is 11.8 Å². The lowest BCUT2D eigenvalue weighted by Gasteiger charge is -2.12. The van der Waals surface area contributed by atoms with Crippen LogP contribution < -0.4 is 5.32 Å². The van der Waals surface area contributed by atoms with E-state index in [0.29, 0.717) is 6.04 Å².